The summed E-state index contributed by atoms with van der Waals surface area (Å²) in [6, 6.07) is 7.72. The van der Waals surface area contributed by atoms with Crippen molar-refractivity contribution in [1.29, 1.82) is 0 Å². The van der Waals surface area contributed by atoms with Crippen LogP contribution in [0.1, 0.15) is 12.0 Å². The van der Waals surface area contributed by atoms with Gasteiger partial charge in [0.2, 0.25) is 5.91 Å². The molecule has 0 atom stereocenters. The molecular formula is C13H19N3OS. The quantitative estimate of drug-likeness (QED) is 0.766. The van der Waals surface area contributed by atoms with Crippen molar-refractivity contribution in [3.05, 3.63) is 29.8 Å². The van der Waals surface area contributed by atoms with Gasteiger partial charge in [-0.25, -0.2) is 0 Å². The van der Waals surface area contributed by atoms with Crippen LogP contribution in [0.2, 0.25) is 0 Å². The molecule has 4 nitrogen and oxygen atoms in total. The topological polar surface area (TPSA) is 58.4 Å². The molecule has 0 aliphatic heterocycles. The van der Waals surface area contributed by atoms with Crippen LogP contribution in [0.25, 0.3) is 0 Å². The fraction of sp³-hybridized carbons (Fsp3) is 0.385. The fourth-order valence-electron chi connectivity index (χ4n) is 1.55. The molecule has 0 aromatic heterocycles. The third-order valence-electron chi connectivity index (χ3n) is 2.46. The molecule has 0 aliphatic rings. The lowest BCUT2D eigenvalue weighted by molar-refractivity contribution is -0.117. The van der Waals surface area contributed by atoms with Gasteiger partial charge in [-0.15, -0.1) is 0 Å². The molecule has 0 saturated heterocycles. The maximum Gasteiger partial charge on any atom is 0.238 e. The van der Waals surface area contributed by atoms with E-state index in [1.807, 2.05) is 43.1 Å². The molecule has 18 heavy (non-hydrogen) atoms. The van der Waals surface area contributed by atoms with Crippen LogP contribution in [-0.4, -0.2) is 35.9 Å². The maximum absolute atomic E-state index is 11.8. The van der Waals surface area contributed by atoms with Crippen LogP contribution in [0.3, 0.4) is 0 Å². The minimum atomic E-state index is -0.0361. The number of likely N-dealkylation sites (N-methyl/N-ethyl adjacent to an activating group) is 1. The van der Waals surface area contributed by atoms with Gasteiger partial charge in [-0.1, -0.05) is 24.4 Å². The number of aryl methyl sites for hydroxylation is 1. The van der Waals surface area contributed by atoms with Crippen LogP contribution < -0.4 is 11.1 Å². The number of hydrogen-bond donors (Lipinski definition) is 2. The van der Waals surface area contributed by atoms with Crippen molar-refractivity contribution in [3.8, 4) is 0 Å². The number of thiocarbonyl (C=S) groups is 1. The molecule has 0 bridgehead atoms. The largest absolute Gasteiger partial charge is 0.393 e. The Morgan fingerprint density at radius 3 is 2.83 bits per heavy atom. The number of nitrogens with zero attached hydrogens (tertiary/aromatic N) is 1. The van der Waals surface area contributed by atoms with Gasteiger partial charge in [0.25, 0.3) is 0 Å². The van der Waals surface area contributed by atoms with Gasteiger partial charge >= 0.3 is 0 Å². The van der Waals surface area contributed by atoms with Crippen molar-refractivity contribution in [3.63, 3.8) is 0 Å². The Balaban J connectivity index is 2.39. The Morgan fingerprint density at radius 1 is 1.50 bits per heavy atom. The monoisotopic (exact) mass is 265 g/mol. The zero-order valence-electron chi connectivity index (χ0n) is 10.8. The Labute approximate surface area is 113 Å². The van der Waals surface area contributed by atoms with Crippen LogP contribution in [0, 0.1) is 6.92 Å². The Kier molecular flexibility index (Phi) is 5.74. The Morgan fingerprint density at radius 2 is 2.22 bits per heavy atom. The van der Waals surface area contributed by atoms with Crippen molar-refractivity contribution in [2.75, 3.05) is 25.5 Å². The summed E-state index contributed by atoms with van der Waals surface area (Å²) in [5, 5.41) is 2.86. The summed E-state index contributed by atoms with van der Waals surface area (Å²) >= 11 is 4.80. The third-order valence-corrected chi connectivity index (χ3v) is 2.66. The first-order chi connectivity index (χ1) is 8.47. The Hall–Kier alpha value is -1.46. The van der Waals surface area contributed by atoms with Gasteiger partial charge in [0.1, 0.15) is 0 Å². The number of benzene rings is 1. The van der Waals surface area contributed by atoms with Crippen LogP contribution in [0.4, 0.5) is 5.69 Å². The number of nitrogens with one attached hydrogen (secondary N) is 1. The number of nitrogens with two attached hydrogens (primary N) is 1. The van der Waals surface area contributed by atoms with Crippen LogP contribution in [0.5, 0.6) is 0 Å². The highest BCUT2D eigenvalue weighted by molar-refractivity contribution is 7.80. The van der Waals surface area contributed by atoms with Crippen molar-refractivity contribution >= 4 is 28.8 Å². The predicted molar refractivity (Wildman–Crippen MR) is 78.7 cm³/mol. The van der Waals surface area contributed by atoms with E-state index in [0.717, 1.165) is 11.3 Å². The molecule has 98 valence electrons. The number of amides is 1. The van der Waals surface area contributed by atoms with E-state index < -0.39 is 0 Å². The smallest absolute Gasteiger partial charge is 0.238 e. The third kappa shape index (κ3) is 5.75. The summed E-state index contributed by atoms with van der Waals surface area (Å²) in [4.78, 5) is 14.1. The first-order valence-electron chi connectivity index (χ1n) is 5.81. The zero-order chi connectivity index (χ0) is 13.5. The number of carbonyl (C=O) groups excluding carboxylic acids is 1. The molecule has 1 rings (SSSR count). The predicted octanol–water partition coefficient (Wildman–Crippen LogP) is 1.54. The lowest BCUT2D eigenvalue weighted by Gasteiger charge is -2.15. The highest BCUT2D eigenvalue weighted by Gasteiger charge is 2.07. The van der Waals surface area contributed by atoms with E-state index >= 15 is 0 Å². The second kappa shape index (κ2) is 7.08. The molecule has 1 aromatic rings. The minimum Gasteiger partial charge on any atom is -0.393 e. The zero-order valence-corrected chi connectivity index (χ0v) is 11.6. The summed E-state index contributed by atoms with van der Waals surface area (Å²) in [6.45, 7) is 3.01. The average molecular weight is 265 g/mol. The van der Waals surface area contributed by atoms with Gasteiger partial charge < -0.3 is 11.1 Å². The van der Waals surface area contributed by atoms with Crippen molar-refractivity contribution in [1.82, 2.24) is 4.90 Å². The van der Waals surface area contributed by atoms with Gasteiger partial charge in [-0.2, -0.15) is 0 Å². The molecule has 0 heterocycles. The highest BCUT2D eigenvalue weighted by Crippen LogP contribution is 2.09. The lowest BCUT2D eigenvalue weighted by Crippen LogP contribution is -2.32. The molecule has 3 N–H and O–H groups in total. The Bertz CT molecular complexity index is 434. The average Bonchev–Trinajstić information content (AvgIpc) is 2.26. The van der Waals surface area contributed by atoms with E-state index in [1.54, 1.807) is 0 Å². The van der Waals surface area contributed by atoms with E-state index in [0.29, 0.717) is 24.5 Å². The second-order valence-electron chi connectivity index (χ2n) is 4.37. The van der Waals surface area contributed by atoms with E-state index in [9.17, 15) is 4.79 Å². The van der Waals surface area contributed by atoms with E-state index in [2.05, 4.69) is 5.32 Å². The summed E-state index contributed by atoms with van der Waals surface area (Å²) in [6.07, 6.45) is 0.629. The van der Waals surface area contributed by atoms with Crippen molar-refractivity contribution < 1.29 is 4.79 Å². The SMILES string of the molecule is Cc1cccc(NC(=O)CN(C)CCC(N)=S)c1. The lowest BCUT2D eigenvalue weighted by atomic mass is 10.2. The number of hydrogen-bond acceptors (Lipinski definition) is 3. The minimum absolute atomic E-state index is 0.0361. The number of anilines is 1. The summed E-state index contributed by atoms with van der Waals surface area (Å²) < 4.78 is 0. The van der Waals surface area contributed by atoms with E-state index in [-0.39, 0.29) is 5.91 Å². The number of rotatable bonds is 6. The highest BCUT2D eigenvalue weighted by atomic mass is 32.1. The van der Waals surface area contributed by atoms with Gasteiger partial charge in [0.15, 0.2) is 0 Å². The van der Waals surface area contributed by atoms with Gasteiger partial charge in [-0.05, 0) is 31.7 Å². The molecule has 0 fully saturated rings. The summed E-state index contributed by atoms with van der Waals surface area (Å²) in [5.41, 5.74) is 7.36. The standard InChI is InChI=1S/C13H19N3OS/c1-10-4-3-5-11(8-10)15-13(17)9-16(2)7-6-12(14)18/h3-5,8H,6-7,9H2,1-2H3,(H2,14,18)(H,15,17). The molecular weight excluding hydrogens is 246 g/mol. The van der Waals surface area contributed by atoms with Crippen molar-refractivity contribution in [2.45, 2.75) is 13.3 Å². The molecule has 1 aromatic carbocycles. The van der Waals surface area contributed by atoms with Crippen molar-refractivity contribution in [2.24, 2.45) is 5.73 Å². The molecule has 5 heteroatoms. The van der Waals surface area contributed by atoms with Crippen LogP contribution >= 0.6 is 12.2 Å². The second-order valence-corrected chi connectivity index (χ2v) is 4.90. The molecule has 0 saturated carbocycles. The van der Waals surface area contributed by atoms with Gasteiger partial charge in [0.05, 0.1) is 11.5 Å². The maximum atomic E-state index is 11.8. The van der Waals surface area contributed by atoms with Crippen LogP contribution in [0.15, 0.2) is 24.3 Å². The van der Waals surface area contributed by atoms with Crippen LogP contribution in [-0.2, 0) is 4.79 Å². The molecule has 0 radical (unpaired) electrons. The van der Waals surface area contributed by atoms with E-state index in [4.69, 9.17) is 18.0 Å². The van der Waals surface area contributed by atoms with E-state index in [1.165, 1.54) is 0 Å². The molecule has 0 unspecified atom stereocenters. The van der Waals surface area contributed by atoms with Gasteiger partial charge in [0, 0.05) is 18.7 Å². The van der Waals surface area contributed by atoms with Gasteiger partial charge in [-0.3, -0.25) is 9.69 Å². The summed E-state index contributed by atoms with van der Waals surface area (Å²) in [5.74, 6) is -0.0361. The first-order valence-corrected chi connectivity index (χ1v) is 6.21. The first kappa shape index (κ1) is 14.6. The molecule has 0 spiro atoms. The summed E-state index contributed by atoms with van der Waals surface area (Å²) in [7, 11) is 1.87. The fourth-order valence-corrected chi connectivity index (χ4v) is 1.64. The molecule has 1 amide bonds. The number of carbonyl (C=O) groups is 1. The normalized spacial score (nSPS) is 10.4. The molecule has 0 aliphatic carbocycles.